The van der Waals surface area contributed by atoms with Gasteiger partial charge in [0, 0.05) is 12.6 Å². The molecule has 0 aliphatic carbocycles. The van der Waals surface area contributed by atoms with E-state index in [4.69, 9.17) is 4.74 Å². The molecule has 1 atom stereocenters. The van der Waals surface area contributed by atoms with Crippen LogP contribution in [0.25, 0.3) is 0 Å². The molecule has 1 unspecified atom stereocenters. The van der Waals surface area contributed by atoms with Crippen LogP contribution in [0.3, 0.4) is 0 Å². The molecule has 0 aromatic heterocycles. The van der Waals surface area contributed by atoms with Gasteiger partial charge in [0.2, 0.25) is 5.91 Å². The van der Waals surface area contributed by atoms with Gasteiger partial charge in [-0.25, -0.2) is 4.79 Å². The van der Waals surface area contributed by atoms with Crippen molar-refractivity contribution in [2.75, 3.05) is 11.9 Å². The molecule has 1 amide bonds. The van der Waals surface area contributed by atoms with Gasteiger partial charge in [-0.1, -0.05) is 18.2 Å². The molecule has 1 aromatic carbocycles. The van der Waals surface area contributed by atoms with Crippen LogP contribution < -0.4 is 10.6 Å². The first-order valence-electron chi connectivity index (χ1n) is 5.38. The Morgan fingerprint density at radius 2 is 1.94 bits per heavy atom. The summed E-state index contributed by atoms with van der Waals surface area (Å²) in [5, 5.41) is 5.38. The first kappa shape index (κ1) is 13.0. The fraction of sp³-hybridized carbons (Fsp3) is 0.333. The van der Waals surface area contributed by atoms with Crippen LogP contribution in [-0.2, 0) is 14.3 Å². The van der Waals surface area contributed by atoms with E-state index in [0.29, 0.717) is 0 Å². The van der Waals surface area contributed by atoms with Crippen LogP contribution in [0, 0.1) is 0 Å². The van der Waals surface area contributed by atoms with Crippen molar-refractivity contribution >= 4 is 17.6 Å². The molecule has 0 aliphatic heterocycles. The van der Waals surface area contributed by atoms with Gasteiger partial charge < -0.3 is 15.4 Å². The molecular weight excluding hydrogens is 220 g/mol. The highest BCUT2D eigenvalue weighted by molar-refractivity contribution is 5.85. The van der Waals surface area contributed by atoms with Crippen molar-refractivity contribution in [2.45, 2.75) is 20.0 Å². The Bertz CT molecular complexity index is 379. The number of amides is 1. The number of para-hydroxylation sites is 1. The standard InChI is InChI=1S/C12H16N2O3/c1-3-17-12(16)11(13-9(2)15)14-10-7-5-4-6-8-10/h4-8,11,14H,3H2,1-2H3,(H,13,15). The Morgan fingerprint density at radius 1 is 1.29 bits per heavy atom. The highest BCUT2D eigenvalue weighted by Gasteiger charge is 2.20. The number of benzene rings is 1. The normalized spacial score (nSPS) is 11.4. The Balaban J connectivity index is 2.70. The average molecular weight is 236 g/mol. The minimum Gasteiger partial charge on any atom is -0.463 e. The Kier molecular flexibility index (Phi) is 5.00. The molecule has 0 aliphatic rings. The SMILES string of the molecule is CCOC(=O)C(NC(C)=O)Nc1ccccc1. The molecule has 1 aromatic rings. The zero-order valence-corrected chi connectivity index (χ0v) is 9.90. The summed E-state index contributed by atoms with van der Waals surface area (Å²) in [4.78, 5) is 22.6. The number of ether oxygens (including phenoxy) is 1. The average Bonchev–Trinajstić information content (AvgIpc) is 2.29. The van der Waals surface area contributed by atoms with Crippen molar-refractivity contribution < 1.29 is 14.3 Å². The van der Waals surface area contributed by atoms with Crippen molar-refractivity contribution in [3.05, 3.63) is 30.3 Å². The summed E-state index contributed by atoms with van der Waals surface area (Å²) < 4.78 is 4.86. The summed E-state index contributed by atoms with van der Waals surface area (Å²) in [6.45, 7) is 3.33. The van der Waals surface area contributed by atoms with Crippen LogP contribution in [-0.4, -0.2) is 24.6 Å². The molecule has 0 bridgehead atoms. The predicted molar refractivity (Wildman–Crippen MR) is 64.3 cm³/mol. The number of carbonyl (C=O) groups is 2. The zero-order valence-electron chi connectivity index (χ0n) is 9.90. The molecule has 0 radical (unpaired) electrons. The second-order valence-electron chi connectivity index (χ2n) is 3.40. The molecule has 0 saturated carbocycles. The summed E-state index contributed by atoms with van der Waals surface area (Å²) in [7, 11) is 0. The first-order valence-corrected chi connectivity index (χ1v) is 5.38. The van der Waals surface area contributed by atoms with Gasteiger partial charge in [-0.15, -0.1) is 0 Å². The van der Waals surface area contributed by atoms with Gasteiger partial charge in [0.1, 0.15) is 0 Å². The van der Waals surface area contributed by atoms with Crippen molar-refractivity contribution in [1.29, 1.82) is 0 Å². The number of hydrogen-bond donors (Lipinski definition) is 2. The fourth-order valence-corrected chi connectivity index (χ4v) is 1.28. The topological polar surface area (TPSA) is 67.4 Å². The van der Waals surface area contributed by atoms with E-state index < -0.39 is 12.1 Å². The van der Waals surface area contributed by atoms with Crippen LogP contribution in [0.15, 0.2) is 30.3 Å². The van der Waals surface area contributed by atoms with Crippen molar-refractivity contribution in [2.24, 2.45) is 0 Å². The molecular formula is C12H16N2O3. The Labute approximate surface area is 100 Å². The van der Waals surface area contributed by atoms with Crippen LogP contribution in [0.4, 0.5) is 5.69 Å². The molecule has 5 heteroatoms. The maximum Gasteiger partial charge on any atom is 0.349 e. The van der Waals surface area contributed by atoms with Crippen LogP contribution in [0.2, 0.25) is 0 Å². The lowest BCUT2D eigenvalue weighted by Crippen LogP contribution is -2.46. The third-order valence-electron chi connectivity index (χ3n) is 1.95. The molecule has 92 valence electrons. The quantitative estimate of drug-likeness (QED) is 0.594. The molecule has 0 heterocycles. The van der Waals surface area contributed by atoms with E-state index in [9.17, 15) is 9.59 Å². The van der Waals surface area contributed by atoms with Gasteiger partial charge in [0.25, 0.3) is 0 Å². The molecule has 2 N–H and O–H groups in total. The van der Waals surface area contributed by atoms with Crippen molar-refractivity contribution in [3.63, 3.8) is 0 Å². The number of anilines is 1. The molecule has 17 heavy (non-hydrogen) atoms. The lowest BCUT2D eigenvalue weighted by Gasteiger charge is -2.18. The monoisotopic (exact) mass is 236 g/mol. The highest BCUT2D eigenvalue weighted by Crippen LogP contribution is 2.06. The van der Waals surface area contributed by atoms with Crippen molar-refractivity contribution in [3.8, 4) is 0 Å². The van der Waals surface area contributed by atoms with Crippen LogP contribution in [0.1, 0.15) is 13.8 Å². The van der Waals surface area contributed by atoms with Gasteiger partial charge in [-0.2, -0.15) is 0 Å². The summed E-state index contributed by atoms with van der Waals surface area (Å²) in [6, 6.07) is 9.13. The summed E-state index contributed by atoms with van der Waals surface area (Å²) in [5.41, 5.74) is 0.735. The smallest absolute Gasteiger partial charge is 0.349 e. The molecule has 0 saturated heterocycles. The predicted octanol–water partition coefficient (Wildman–Crippen LogP) is 1.12. The molecule has 0 fully saturated rings. The van der Waals surface area contributed by atoms with E-state index in [-0.39, 0.29) is 12.5 Å². The lowest BCUT2D eigenvalue weighted by molar-refractivity contribution is -0.146. The van der Waals surface area contributed by atoms with Gasteiger partial charge >= 0.3 is 5.97 Å². The number of esters is 1. The fourth-order valence-electron chi connectivity index (χ4n) is 1.28. The first-order chi connectivity index (χ1) is 8.13. The summed E-state index contributed by atoms with van der Waals surface area (Å²) in [5.74, 6) is -0.807. The third-order valence-corrected chi connectivity index (χ3v) is 1.95. The van der Waals surface area contributed by atoms with E-state index >= 15 is 0 Å². The second kappa shape index (κ2) is 6.52. The molecule has 1 rings (SSSR count). The minimum atomic E-state index is -0.866. The highest BCUT2D eigenvalue weighted by atomic mass is 16.5. The number of rotatable bonds is 5. The number of hydrogen-bond acceptors (Lipinski definition) is 4. The van der Waals surface area contributed by atoms with E-state index in [0.717, 1.165) is 5.69 Å². The van der Waals surface area contributed by atoms with Crippen LogP contribution in [0.5, 0.6) is 0 Å². The Morgan fingerprint density at radius 3 is 2.47 bits per heavy atom. The maximum absolute atomic E-state index is 11.6. The van der Waals surface area contributed by atoms with E-state index in [2.05, 4.69) is 10.6 Å². The van der Waals surface area contributed by atoms with Crippen molar-refractivity contribution in [1.82, 2.24) is 5.32 Å². The van der Waals surface area contributed by atoms with E-state index in [1.807, 2.05) is 18.2 Å². The zero-order chi connectivity index (χ0) is 12.7. The van der Waals surface area contributed by atoms with E-state index in [1.165, 1.54) is 6.92 Å². The third kappa shape index (κ3) is 4.55. The molecule has 5 nitrogen and oxygen atoms in total. The lowest BCUT2D eigenvalue weighted by atomic mass is 10.3. The number of carbonyl (C=O) groups excluding carboxylic acids is 2. The minimum absolute atomic E-state index is 0.269. The Hall–Kier alpha value is -2.04. The summed E-state index contributed by atoms with van der Waals surface area (Å²) >= 11 is 0. The molecule has 0 spiro atoms. The van der Waals surface area contributed by atoms with E-state index in [1.54, 1.807) is 19.1 Å². The van der Waals surface area contributed by atoms with Gasteiger partial charge in [-0.05, 0) is 19.1 Å². The van der Waals surface area contributed by atoms with Gasteiger partial charge in [0.15, 0.2) is 6.17 Å². The number of nitrogens with one attached hydrogen (secondary N) is 2. The maximum atomic E-state index is 11.6. The largest absolute Gasteiger partial charge is 0.463 e. The second-order valence-corrected chi connectivity index (χ2v) is 3.40. The van der Waals surface area contributed by atoms with Gasteiger partial charge in [0.05, 0.1) is 6.61 Å². The van der Waals surface area contributed by atoms with Crippen LogP contribution >= 0.6 is 0 Å². The summed E-state index contributed by atoms with van der Waals surface area (Å²) in [6.07, 6.45) is -0.866. The van der Waals surface area contributed by atoms with Gasteiger partial charge in [-0.3, -0.25) is 4.79 Å².